The number of hydrogen-bond acceptors (Lipinski definition) is 4. The van der Waals surface area contributed by atoms with Crippen molar-refractivity contribution in [3.63, 3.8) is 0 Å². The fourth-order valence-corrected chi connectivity index (χ4v) is 2.89. The van der Waals surface area contributed by atoms with Crippen LogP contribution in [0.5, 0.6) is 0 Å². The highest BCUT2D eigenvalue weighted by Crippen LogP contribution is 2.27. The predicted molar refractivity (Wildman–Crippen MR) is 84.4 cm³/mol. The van der Waals surface area contributed by atoms with Gasteiger partial charge in [-0.2, -0.15) is 0 Å². The first-order chi connectivity index (χ1) is 11.0. The van der Waals surface area contributed by atoms with Gasteiger partial charge < -0.3 is 14.6 Å². The van der Waals surface area contributed by atoms with Gasteiger partial charge >= 0.3 is 5.97 Å². The van der Waals surface area contributed by atoms with E-state index in [1.54, 1.807) is 18.5 Å². The van der Waals surface area contributed by atoms with Gasteiger partial charge in [-0.15, -0.1) is 0 Å². The molecule has 0 spiro atoms. The molecule has 1 unspecified atom stereocenters. The average Bonchev–Trinajstić information content (AvgIpc) is 3.02. The van der Waals surface area contributed by atoms with Gasteiger partial charge in [0.05, 0.1) is 41.4 Å². The summed E-state index contributed by atoms with van der Waals surface area (Å²) in [6, 6.07) is 3.89. The van der Waals surface area contributed by atoms with Crippen LogP contribution in [0.4, 0.5) is 0 Å². The first kappa shape index (κ1) is 15.8. The number of nitrogens with one attached hydrogen (secondary N) is 1. The number of amides is 1. The van der Waals surface area contributed by atoms with Crippen molar-refractivity contribution in [3.8, 4) is 0 Å². The van der Waals surface area contributed by atoms with Crippen LogP contribution in [-0.4, -0.2) is 39.9 Å². The van der Waals surface area contributed by atoms with Crippen LogP contribution in [0.1, 0.15) is 21.7 Å². The van der Waals surface area contributed by atoms with Crippen LogP contribution in [0.2, 0.25) is 10.0 Å². The van der Waals surface area contributed by atoms with Crippen LogP contribution in [0.3, 0.4) is 0 Å². The van der Waals surface area contributed by atoms with Crippen molar-refractivity contribution < 1.29 is 14.3 Å². The van der Waals surface area contributed by atoms with Crippen LogP contribution in [-0.2, 0) is 22.5 Å². The number of carbonyl (C=O) groups is 2. The van der Waals surface area contributed by atoms with Crippen LogP contribution in [0, 0.1) is 0 Å². The highest BCUT2D eigenvalue weighted by Gasteiger charge is 2.37. The second-order valence-electron chi connectivity index (χ2n) is 5.13. The second-order valence-corrected chi connectivity index (χ2v) is 5.95. The maximum Gasteiger partial charge on any atom is 0.329 e. The largest absolute Gasteiger partial charge is 0.467 e. The number of ether oxygens (including phenoxy) is 1. The Morgan fingerprint density at radius 2 is 2.13 bits per heavy atom. The number of H-pyrrole nitrogens is 1. The van der Waals surface area contributed by atoms with E-state index in [1.165, 1.54) is 18.1 Å². The lowest BCUT2D eigenvalue weighted by Gasteiger charge is -2.33. The molecule has 0 fully saturated rings. The molecule has 23 heavy (non-hydrogen) atoms. The number of methoxy groups -OCH3 is 1. The summed E-state index contributed by atoms with van der Waals surface area (Å²) in [7, 11) is 1.30. The van der Waals surface area contributed by atoms with Gasteiger partial charge in [0.15, 0.2) is 0 Å². The van der Waals surface area contributed by atoms with E-state index < -0.39 is 12.0 Å². The average molecular weight is 354 g/mol. The summed E-state index contributed by atoms with van der Waals surface area (Å²) in [4.78, 5) is 33.5. The van der Waals surface area contributed by atoms with Crippen molar-refractivity contribution in [2.45, 2.75) is 19.0 Å². The number of rotatable bonds is 2. The second kappa shape index (κ2) is 6.22. The number of fused-ring (bicyclic) bond motifs is 1. The Labute approximate surface area is 142 Å². The van der Waals surface area contributed by atoms with Gasteiger partial charge in [0.25, 0.3) is 5.91 Å². The number of aromatic nitrogens is 2. The Balaban J connectivity index is 1.96. The maximum absolute atomic E-state index is 12.8. The van der Waals surface area contributed by atoms with Gasteiger partial charge in [0, 0.05) is 12.0 Å². The monoisotopic (exact) mass is 353 g/mol. The molecular formula is C15H13Cl2N3O3. The van der Waals surface area contributed by atoms with Gasteiger partial charge in [-0.25, -0.2) is 9.78 Å². The molecule has 1 aliphatic rings. The van der Waals surface area contributed by atoms with Crippen molar-refractivity contribution in [3.05, 3.63) is 51.5 Å². The van der Waals surface area contributed by atoms with Gasteiger partial charge in [0.1, 0.15) is 6.04 Å². The van der Waals surface area contributed by atoms with Crippen molar-refractivity contribution in [1.82, 2.24) is 14.9 Å². The molecule has 0 saturated heterocycles. The molecular weight excluding hydrogens is 341 g/mol. The van der Waals surface area contributed by atoms with E-state index >= 15 is 0 Å². The van der Waals surface area contributed by atoms with Gasteiger partial charge in [-0.1, -0.05) is 23.2 Å². The zero-order valence-corrected chi connectivity index (χ0v) is 13.7. The summed E-state index contributed by atoms with van der Waals surface area (Å²) in [6.45, 7) is 0.244. The van der Waals surface area contributed by atoms with E-state index in [1.807, 2.05) is 0 Å². The van der Waals surface area contributed by atoms with E-state index in [-0.39, 0.29) is 17.5 Å². The molecule has 1 aromatic heterocycles. The minimum Gasteiger partial charge on any atom is -0.467 e. The van der Waals surface area contributed by atoms with Gasteiger partial charge in [0.2, 0.25) is 0 Å². The molecule has 2 heterocycles. The lowest BCUT2D eigenvalue weighted by atomic mass is 10.0. The third kappa shape index (κ3) is 2.92. The molecule has 2 aromatic rings. The minimum absolute atomic E-state index is 0.244. The van der Waals surface area contributed by atoms with Crippen molar-refractivity contribution in [2.75, 3.05) is 7.11 Å². The molecule has 0 radical (unpaired) electrons. The van der Waals surface area contributed by atoms with Gasteiger partial charge in [-0.05, 0) is 18.2 Å². The number of hydrogen-bond donors (Lipinski definition) is 1. The maximum atomic E-state index is 12.8. The van der Waals surface area contributed by atoms with Crippen molar-refractivity contribution in [2.24, 2.45) is 0 Å². The van der Waals surface area contributed by atoms with Crippen LogP contribution in [0.25, 0.3) is 0 Å². The van der Waals surface area contributed by atoms with Crippen molar-refractivity contribution >= 4 is 35.1 Å². The lowest BCUT2D eigenvalue weighted by Crippen LogP contribution is -2.49. The third-order valence-corrected chi connectivity index (χ3v) is 4.54. The Morgan fingerprint density at radius 1 is 1.35 bits per heavy atom. The van der Waals surface area contributed by atoms with Gasteiger partial charge in [-0.3, -0.25) is 4.79 Å². The number of benzene rings is 1. The summed E-state index contributed by atoms with van der Waals surface area (Å²) in [6.07, 6.45) is 1.85. The van der Waals surface area contributed by atoms with Crippen LogP contribution >= 0.6 is 23.2 Å². The third-order valence-electron chi connectivity index (χ3n) is 3.80. The normalized spacial score (nSPS) is 16.8. The smallest absolute Gasteiger partial charge is 0.329 e. The van der Waals surface area contributed by atoms with E-state index in [4.69, 9.17) is 27.9 Å². The summed E-state index contributed by atoms with van der Waals surface area (Å²) in [5.41, 5.74) is 1.92. The van der Waals surface area contributed by atoms with E-state index in [9.17, 15) is 9.59 Å². The van der Waals surface area contributed by atoms with E-state index in [0.717, 1.165) is 11.4 Å². The number of nitrogens with zero attached hydrogens (tertiary/aromatic N) is 2. The molecule has 1 aromatic carbocycles. The summed E-state index contributed by atoms with van der Waals surface area (Å²) in [5, 5.41) is 0.647. The SMILES string of the molecule is COC(=O)C1Cc2nc[nH]c2CN1C(=O)c1ccc(Cl)c(Cl)c1. The molecule has 8 heteroatoms. The fraction of sp³-hybridized carbons (Fsp3) is 0.267. The highest BCUT2D eigenvalue weighted by molar-refractivity contribution is 6.42. The minimum atomic E-state index is -0.724. The molecule has 1 amide bonds. The first-order valence-electron chi connectivity index (χ1n) is 6.86. The fourth-order valence-electron chi connectivity index (χ4n) is 2.59. The number of aromatic amines is 1. The van der Waals surface area contributed by atoms with Crippen LogP contribution < -0.4 is 0 Å². The zero-order chi connectivity index (χ0) is 16.6. The summed E-state index contributed by atoms with van der Waals surface area (Å²) >= 11 is 11.9. The molecule has 0 aliphatic carbocycles. The Kier molecular flexibility index (Phi) is 4.28. The number of imidazole rings is 1. The Bertz CT molecular complexity index is 775. The Hall–Kier alpha value is -2.05. The molecule has 120 valence electrons. The number of carbonyl (C=O) groups excluding carboxylic acids is 2. The summed E-state index contributed by atoms with van der Waals surface area (Å²) in [5.74, 6) is -0.800. The van der Waals surface area contributed by atoms with E-state index in [0.29, 0.717) is 17.0 Å². The first-order valence-corrected chi connectivity index (χ1v) is 7.62. The quantitative estimate of drug-likeness (QED) is 0.841. The molecule has 0 saturated carbocycles. The molecule has 3 rings (SSSR count). The summed E-state index contributed by atoms with van der Waals surface area (Å²) < 4.78 is 4.82. The zero-order valence-electron chi connectivity index (χ0n) is 12.2. The lowest BCUT2D eigenvalue weighted by molar-refractivity contribution is -0.146. The van der Waals surface area contributed by atoms with E-state index in [2.05, 4.69) is 9.97 Å². The van der Waals surface area contributed by atoms with Crippen LogP contribution in [0.15, 0.2) is 24.5 Å². The topological polar surface area (TPSA) is 75.3 Å². The molecule has 0 bridgehead atoms. The Morgan fingerprint density at radius 3 is 2.83 bits per heavy atom. The molecule has 6 nitrogen and oxygen atoms in total. The highest BCUT2D eigenvalue weighted by atomic mass is 35.5. The molecule has 1 N–H and O–H groups in total. The molecule has 1 aliphatic heterocycles. The van der Waals surface area contributed by atoms with Crippen molar-refractivity contribution in [1.29, 1.82) is 0 Å². The molecule has 1 atom stereocenters. The predicted octanol–water partition coefficient (Wildman–Crippen LogP) is 2.46. The standard InChI is InChI=1S/C15H13Cl2N3O3/c1-23-15(22)13-5-11-12(19-7-18-11)6-20(13)14(21)8-2-3-9(16)10(17)4-8/h2-4,7,13H,5-6H2,1H3,(H,18,19). The number of esters is 1. The number of halogens is 2.